The predicted molar refractivity (Wildman–Crippen MR) is 76.5 cm³/mol. The minimum absolute atomic E-state index is 0.475. The van der Waals surface area contributed by atoms with Gasteiger partial charge in [0.1, 0.15) is 5.75 Å². The lowest BCUT2D eigenvalue weighted by Crippen LogP contribution is -2.21. The average molecular weight is 267 g/mol. The molecule has 0 heterocycles. The quantitative estimate of drug-likeness (QED) is 0.697. The van der Waals surface area contributed by atoms with Crippen LogP contribution in [0.4, 0.5) is 0 Å². The second-order valence-corrected chi connectivity index (χ2v) is 4.73. The van der Waals surface area contributed by atoms with E-state index in [-0.39, 0.29) is 0 Å². The number of methoxy groups -OCH3 is 2. The summed E-state index contributed by atoms with van der Waals surface area (Å²) in [4.78, 5) is 0. The van der Waals surface area contributed by atoms with Crippen LogP contribution in [0.15, 0.2) is 18.2 Å². The Morgan fingerprint density at radius 1 is 1.16 bits per heavy atom. The largest absolute Gasteiger partial charge is 0.496 e. The van der Waals surface area contributed by atoms with Crippen molar-refractivity contribution in [2.45, 2.75) is 33.0 Å². The van der Waals surface area contributed by atoms with Crippen molar-refractivity contribution in [2.75, 3.05) is 27.4 Å². The van der Waals surface area contributed by atoms with Gasteiger partial charge < -0.3 is 19.5 Å². The first-order valence-corrected chi connectivity index (χ1v) is 6.63. The maximum absolute atomic E-state index is 5.56. The van der Waals surface area contributed by atoms with Gasteiger partial charge in [-0.2, -0.15) is 0 Å². The molecule has 0 saturated carbocycles. The van der Waals surface area contributed by atoms with Gasteiger partial charge in [0.2, 0.25) is 0 Å². The number of nitrogens with one attached hydrogen (secondary N) is 1. The van der Waals surface area contributed by atoms with Crippen molar-refractivity contribution < 1.29 is 14.2 Å². The van der Waals surface area contributed by atoms with Gasteiger partial charge in [0.15, 0.2) is 0 Å². The molecule has 0 aliphatic rings. The third-order valence-corrected chi connectivity index (χ3v) is 2.75. The molecule has 0 radical (unpaired) electrons. The lowest BCUT2D eigenvalue weighted by molar-refractivity contribution is 0.0607. The molecule has 4 nitrogen and oxygen atoms in total. The van der Waals surface area contributed by atoms with Crippen LogP contribution in [0.1, 0.15) is 25.0 Å². The Morgan fingerprint density at radius 2 is 1.95 bits per heavy atom. The zero-order chi connectivity index (χ0) is 14.1. The highest BCUT2D eigenvalue weighted by Gasteiger charge is 2.05. The van der Waals surface area contributed by atoms with Crippen molar-refractivity contribution in [3.8, 4) is 5.75 Å². The van der Waals surface area contributed by atoms with Crippen LogP contribution in [0.2, 0.25) is 0 Å². The third kappa shape index (κ3) is 6.05. The molecule has 0 aromatic heterocycles. The summed E-state index contributed by atoms with van der Waals surface area (Å²) in [7, 11) is 3.35. The van der Waals surface area contributed by atoms with Crippen molar-refractivity contribution in [1.82, 2.24) is 5.32 Å². The molecule has 1 aromatic rings. The minimum atomic E-state index is 0.475. The van der Waals surface area contributed by atoms with Crippen LogP contribution in [0.5, 0.6) is 5.75 Å². The fourth-order valence-electron chi connectivity index (χ4n) is 1.70. The molecular formula is C15H25NO3. The second kappa shape index (κ2) is 8.91. The van der Waals surface area contributed by atoms with Gasteiger partial charge in [0.05, 0.1) is 26.9 Å². The van der Waals surface area contributed by atoms with Gasteiger partial charge in [0, 0.05) is 25.3 Å². The zero-order valence-electron chi connectivity index (χ0n) is 12.4. The second-order valence-electron chi connectivity index (χ2n) is 4.73. The van der Waals surface area contributed by atoms with E-state index in [1.807, 2.05) is 6.07 Å². The van der Waals surface area contributed by atoms with Crippen molar-refractivity contribution in [1.29, 1.82) is 0 Å². The molecule has 19 heavy (non-hydrogen) atoms. The first-order valence-electron chi connectivity index (χ1n) is 6.63. The first-order chi connectivity index (χ1) is 9.17. The lowest BCUT2D eigenvalue weighted by Gasteiger charge is -2.13. The molecule has 0 amide bonds. The van der Waals surface area contributed by atoms with E-state index in [1.165, 1.54) is 5.56 Å². The van der Waals surface area contributed by atoms with E-state index in [2.05, 4.69) is 31.3 Å². The zero-order valence-corrected chi connectivity index (χ0v) is 12.4. The number of rotatable bonds is 9. The van der Waals surface area contributed by atoms with E-state index in [0.717, 1.165) is 17.9 Å². The van der Waals surface area contributed by atoms with Gasteiger partial charge in [-0.25, -0.2) is 0 Å². The topological polar surface area (TPSA) is 39.7 Å². The summed E-state index contributed by atoms with van der Waals surface area (Å²) in [6.45, 7) is 6.87. The number of hydrogen-bond acceptors (Lipinski definition) is 4. The van der Waals surface area contributed by atoms with E-state index in [9.17, 15) is 0 Å². The van der Waals surface area contributed by atoms with Gasteiger partial charge in [-0.05, 0) is 17.7 Å². The molecule has 0 spiro atoms. The van der Waals surface area contributed by atoms with Gasteiger partial charge >= 0.3 is 0 Å². The van der Waals surface area contributed by atoms with E-state index in [0.29, 0.717) is 25.9 Å². The molecule has 4 heteroatoms. The summed E-state index contributed by atoms with van der Waals surface area (Å²) in [5.41, 5.74) is 2.31. The standard InChI is InChI=1S/C15H25NO3/c1-12(2)16-10-13-5-6-15(18-4)14(9-13)11-19-8-7-17-3/h5-6,9,12,16H,7-8,10-11H2,1-4H3. The summed E-state index contributed by atoms with van der Waals surface area (Å²) in [6.07, 6.45) is 0. The molecule has 108 valence electrons. The predicted octanol–water partition coefficient (Wildman–Crippen LogP) is 2.36. The molecule has 1 N–H and O–H groups in total. The highest BCUT2D eigenvalue weighted by atomic mass is 16.5. The number of ether oxygens (including phenoxy) is 3. The Kier molecular flexibility index (Phi) is 7.48. The summed E-state index contributed by atoms with van der Waals surface area (Å²) in [5.74, 6) is 0.866. The van der Waals surface area contributed by atoms with Gasteiger partial charge in [0.25, 0.3) is 0 Å². The summed E-state index contributed by atoms with van der Waals surface area (Å²) < 4.78 is 15.9. The lowest BCUT2D eigenvalue weighted by atomic mass is 10.1. The molecule has 0 fully saturated rings. The fourth-order valence-corrected chi connectivity index (χ4v) is 1.70. The third-order valence-electron chi connectivity index (χ3n) is 2.75. The molecule has 0 aliphatic heterocycles. The summed E-state index contributed by atoms with van der Waals surface area (Å²) in [6, 6.07) is 6.67. The molecule has 0 unspecified atom stereocenters. The Bertz CT molecular complexity index is 366. The van der Waals surface area contributed by atoms with E-state index in [1.54, 1.807) is 14.2 Å². The van der Waals surface area contributed by atoms with Crippen molar-refractivity contribution in [3.05, 3.63) is 29.3 Å². The van der Waals surface area contributed by atoms with Crippen LogP contribution in [-0.4, -0.2) is 33.5 Å². The van der Waals surface area contributed by atoms with E-state index < -0.39 is 0 Å². The van der Waals surface area contributed by atoms with Crippen LogP contribution in [0.3, 0.4) is 0 Å². The maximum Gasteiger partial charge on any atom is 0.124 e. The molecule has 0 saturated heterocycles. The molecule has 1 rings (SSSR count). The van der Waals surface area contributed by atoms with Crippen LogP contribution >= 0.6 is 0 Å². The summed E-state index contributed by atoms with van der Waals surface area (Å²) >= 11 is 0. The summed E-state index contributed by atoms with van der Waals surface area (Å²) in [5, 5.41) is 3.40. The number of hydrogen-bond donors (Lipinski definition) is 1. The van der Waals surface area contributed by atoms with Crippen LogP contribution in [-0.2, 0) is 22.6 Å². The fraction of sp³-hybridized carbons (Fsp3) is 0.600. The van der Waals surface area contributed by atoms with Gasteiger partial charge in [-0.1, -0.05) is 19.9 Å². The molecule has 0 bridgehead atoms. The Hall–Kier alpha value is -1.10. The average Bonchev–Trinajstić information content (AvgIpc) is 2.41. The normalized spacial score (nSPS) is 11.0. The number of benzene rings is 1. The van der Waals surface area contributed by atoms with Crippen LogP contribution in [0.25, 0.3) is 0 Å². The van der Waals surface area contributed by atoms with Crippen molar-refractivity contribution in [2.24, 2.45) is 0 Å². The Labute approximate surface area is 116 Å². The molecule has 0 atom stereocenters. The SMILES string of the molecule is COCCOCc1cc(CNC(C)C)ccc1OC. The van der Waals surface area contributed by atoms with Gasteiger partial charge in [-0.15, -0.1) is 0 Å². The highest BCUT2D eigenvalue weighted by molar-refractivity contribution is 5.36. The molecule has 0 aliphatic carbocycles. The molecular weight excluding hydrogens is 242 g/mol. The molecule has 1 aromatic carbocycles. The maximum atomic E-state index is 5.56. The van der Waals surface area contributed by atoms with Gasteiger partial charge in [-0.3, -0.25) is 0 Å². The minimum Gasteiger partial charge on any atom is -0.496 e. The monoisotopic (exact) mass is 267 g/mol. The van der Waals surface area contributed by atoms with Crippen molar-refractivity contribution >= 4 is 0 Å². The van der Waals surface area contributed by atoms with E-state index >= 15 is 0 Å². The van der Waals surface area contributed by atoms with E-state index in [4.69, 9.17) is 14.2 Å². The highest BCUT2D eigenvalue weighted by Crippen LogP contribution is 2.20. The first kappa shape index (κ1) is 16.0. The van der Waals surface area contributed by atoms with Crippen LogP contribution in [0, 0.1) is 0 Å². The Morgan fingerprint density at radius 3 is 2.58 bits per heavy atom. The smallest absolute Gasteiger partial charge is 0.124 e. The Balaban J connectivity index is 2.61. The van der Waals surface area contributed by atoms with Crippen molar-refractivity contribution in [3.63, 3.8) is 0 Å². The van der Waals surface area contributed by atoms with Crippen LogP contribution < -0.4 is 10.1 Å².